The summed E-state index contributed by atoms with van der Waals surface area (Å²) in [6, 6.07) is 7.21. The van der Waals surface area contributed by atoms with Gasteiger partial charge in [-0.1, -0.05) is 23.7 Å². The molecule has 2 aromatic carbocycles. The van der Waals surface area contributed by atoms with Gasteiger partial charge >= 0.3 is 0 Å². The molecule has 2 rings (SSSR count). The van der Waals surface area contributed by atoms with E-state index in [9.17, 15) is 18.3 Å². The van der Waals surface area contributed by atoms with Gasteiger partial charge in [0.1, 0.15) is 5.82 Å². The summed E-state index contributed by atoms with van der Waals surface area (Å²) in [4.78, 5) is 0. The second-order valence-electron chi connectivity index (χ2n) is 4.10. The fourth-order valence-electron chi connectivity index (χ4n) is 1.80. The lowest BCUT2D eigenvalue weighted by Crippen LogP contribution is -2.06. The lowest BCUT2D eigenvalue weighted by molar-refractivity contribution is 0.172. The minimum absolute atomic E-state index is 0.100. The van der Waals surface area contributed by atoms with E-state index in [-0.39, 0.29) is 17.0 Å². The fourth-order valence-corrected chi connectivity index (χ4v) is 1.99. The first kappa shape index (κ1) is 13.9. The summed E-state index contributed by atoms with van der Waals surface area (Å²) >= 11 is 5.85. The van der Waals surface area contributed by atoms with Crippen LogP contribution in [0.5, 0.6) is 0 Å². The maximum atomic E-state index is 13.5. The maximum Gasteiger partial charge on any atom is 0.164 e. The van der Waals surface area contributed by atoms with Crippen molar-refractivity contribution in [3.63, 3.8) is 0 Å². The van der Waals surface area contributed by atoms with Gasteiger partial charge in [-0.05, 0) is 29.8 Å². The third kappa shape index (κ3) is 3.08. The van der Waals surface area contributed by atoms with E-state index in [1.807, 2.05) is 0 Å². The molecule has 0 aliphatic carbocycles. The van der Waals surface area contributed by atoms with Crippen molar-refractivity contribution in [3.05, 3.63) is 70.0 Å². The standard InChI is InChI=1S/C14H10ClF3O/c15-11-5-4-9(16)6-8(11)7-13(19)10-2-1-3-12(17)14(10)18/h1-6,13,19H,7H2. The van der Waals surface area contributed by atoms with Gasteiger partial charge in [-0.3, -0.25) is 0 Å². The van der Waals surface area contributed by atoms with Crippen LogP contribution in [0.15, 0.2) is 36.4 Å². The van der Waals surface area contributed by atoms with E-state index in [0.717, 1.165) is 12.1 Å². The predicted octanol–water partition coefficient (Wildman–Crippen LogP) is 4.03. The number of hydrogen-bond donors (Lipinski definition) is 1. The molecule has 0 aliphatic rings. The molecule has 0 saturated heterocycles. The van der Waals surface area contributed by atoms with Crippen molar-refractivity contribution in [1.82, 2.24) is 0 Å². The molecule has 0 aromatic heterocycles. The molecule has 0 spiro atoms. The van der Waals surface area contributed by atoms with Crippen LogP contribution in [0.25, 0.3) is 0 Å². The van der Waals surface area contributed by atoms with Crippen molar-refractivity contribution in [1.29, 1.82) is 0 Å². The van der Waals surface area contributed by atoms with Crippen molar-refractivity contribution in [2.45, 2.75) is 12.5 Å². The van der Waals surface area contributed by atoms with E-state index in [1.54, 1.807) is 0 Å². The monoisotopic (exact) mass is 286 g/mol. The van der Waals surface area contributed by atoms with E-state index in [1.165, 1.54) is 24.3 Å². The average Bonchev–Trinajstić information content (AvgIpc) is 2.37. The number of benzene rings is 2. The summed E-state index contributed by atoms with van der Waals surface area (Å²) in [5.74, 6) is -2.66. The Morgan fingerprint density at radius 2 is 1.84 bits per heavy atom. The predicted molar refractivity (Wildman–Crippen MR) is 66.4 cm³/mol. The van der Waals surface area contributed by atoms with Crippen molar-refractivity contribution < 1.29 is 18.3 Å². The zero-order chi connectivity index (χ0) is 14.0. The number of halogens is 4. The topological polar surface area (TPSA) is 20.2 Å². The highest BCUT2D eigenvalue weighted by Crippen LogP contribution is 2.26. The van der Waals surface area contributed by atoms with Crippen molar-refractivity contribution >= 4 is 11.6 Å². The lowest BCUT2D eigenvalue weighted by Gasteiger charge is -2.13. The van der Waals surface area contributed by atoms with Crippen LogP contribution in [0.4, 0.5) is 13.2 Å². The van der Waals surface area contributed by atoms with Gasteiger partial charge in [0.25, 0.3) is 0 Å². The fraction of sp³-hybridized carbons (Fsp3) is 0.143. The molecule has 0 aliphatic heterocycles. The van der Waals surface area contributed by atoms with Crippen LogP contribution >= 0.6 is 11.6 Å². The van der Waals surface area contributed by atoms with E-state index < -0.39 is 23.6 Å². The summed E-state index contributed by atoms with van der Waals surface area (Å²) in [5, 5.41) is 10.2. The normalized spacial score (nSPS) is 12.5. The summed E-state index contributed by atoms with van der Waals surface area (Å²) in [6.07, 6.45) is -1.40. The zero-order valence-electron chi connectivity index (χ0n) is 9.71. The zero-order valence-corrected chi connectivity index (χ0v) is 10.5. The third-order valence-corrected chi connectivity index (χ3v) is 3.13. The van der Waals surface area contributed by atoms with E-state index in [0.29, 0.717) is 5.56 Å². The second-order valence-corrected chi connectivity index (χ2v) is 4.51. The molecular formula is C14H10ClF3O. The Bertz CT molecular complexity index is 601. The molecule has 19 heavy (non-hydrogen) atoms. The molecule has 1 atom stereocenters. The van der Waals surface area contributed by atoms with Gasteiger partial charge in [-0.25, -0.2) is 13.2 Å². The van der Waals surface area contributed by atoms with Crippen molar-refractivity contribution in [2.75, 3.05) is 0 Å². The number of aliphatic hydroxyl groups is 1. The average molecular weight is 287 g/mol. The molecule has 0 radical (unpaired) electrons. The molecule has 1 N–H and O–H groups in total. The summed E-state index contributed by atoms with van der Waals surface area (Å²) < 4.78 is 39.6. The van der Waals surface area contributed by atoms with Gasteiger partial charge in [-0.2, -0.15) is 0 Å². The van der Waals surface area contributed by atoms with Gasteiger partial charge in [0.15, 0.2) is 11.6 Å². The largest absolute Gasteiger partial charge is 0.388 e. The van der Waals surface area contributed by atoms with Gasteiger partial charge in [0.2, 0.25) is 0 Å². The SMILES string of the molecule is OC(Cc1cc(F)ccc1Cl)c1cccc(F)c1F. The first-order chi connectivity index (χ1) is 8.99. The minimum Gasteiger partial charge on any atom is -0.388 e. The van der Waals surface area contributed by atoms with E-state index in [2.05, 4.69) is 0 Å². The number of hydrogen-bond acceptors (Lipinski definition) is 1. The van der Waals surface area contributed by atoms with E-state index >= 15 is 0 Å². The smallest absolute Gasteiger partial charge is 0.164 e. The molecule has 1 nitrogen and oxygen atoms in total. The number of aliphatic hydroxyl groups excluding tert-OH is 1. The van der Waals surface area contributed by atoms with Gasteiger partial charge in [0.05, 0.1) is 6.10 Å². The Hall–Kier alpha value is -1.52. The molecule has 0 saturated carbocycles. The first-order valence-electron chi connectivity index (χ1n) is 5.55. The van der Waals surface area contributed by atoms with Crippen molar-refractivity contribution in [3.8, 4) is 0 Å². The Morgan fingerprint density at radius 3 is 2.58 bits per heavy atom. The second kappa shape index (κ2) is 5.63. The number of rotatable bonds is 3. The summed E-state index contributed by atoms with van der Waals surface area (Å²) in [5.41, 5.74) is 0.151. The summed E-state index contributed by atoms with van der Waals surface area (Å²) in [7, 11) is 0. The molecule has 0 amide bonds. The Balaban J connectivity index is 2.28. The Kier molecular flexibility index (Phi) is 4.12. The summed E-state index contributed by atoms with van der Waals surface area (Å²) in [6.45, 7) is 0. The highest BCUT2D eigenvalue weighted by Gasteiger charge is 2.17. The Labute approximate surface area is 113 Å². The quantitative estimate of drug-likeness (QED) is 0.903. The molecule has 1 unspecified atom stereocenters. The first-order valence-corrected chi connectivity index (χ1v) is 5.92. The van der Waals surface area contributed by atoms with Crippen LogP contribution in [0.2, 0.25) is 5.02 Å². The molecule has 2 aromatic rings. The maximum absolute atomic E-state index is 13.5. The molecule has 5 heteroatoms. The van der Waals surface area contributed by atoms with Crippen LogP contribution in [-0.2, 0) is 6.42 Å². The minimum atomic E-state index is -1.30. The van der Waals surface area contributed by atoms with Crippen LogP contribution in [0.1, 0.15) is 17.2 Å². The third-order valence-electron chi connectivity index (χ3n) is 2.76. The van der Waals surface area contributed by atoms with Gasteiger partial charge in [-0.15, -0.1) is 0 Å². The highest BCUT2D eigenvalue weighted by atomic mass is 35.5. The molecule has 0 heterocycles. The molecule has 0 fully saturated rings. The van der Waals surface area contributed by atoms with E-state index in [4.69, 9.17) is 11.6 Å². The van der Waals surface area contributed by atoms with Crippen LogP contribution < -0.4 is 0 Å². The van der Waals surface area contributed by atoms with Gasteiger partial charge in [0, 0.05) is 17.0 Å². The van der Waals surface area contributed by atoms with Crippen LogP contribution in [0.3, 0.4) is 0 Å². The molecular weight excluding hydrogens is 277 g/mol. The van der Waals surface area contributed by atoms with Crippen LogP contribution in [0, 0.1) is 17.5 Å². The Morgan fingerprint density at radius 1 is 1.11 bits per heavy atom. The van der Waals surface area contributed by atoms with Crippen molar-refractivity contribution in [2.24, 2.45) is 0 Å². The molecule has 100 valence electrons. The van der Waals surface area contributed by atoms with Gasteiger partial charge < -0.3 is 5.11 Å². The van der Waals surface area contributed by atoms with Crippen LogP contribution in [-0.4, -0.2) is 5.11 Å². The highest BCUT2D eigenvalue weighted by molar-refractivity contribution is 6.31. The molecule has 0 bridgehead atoms. The lowest BCUT2D eigenvalue weighted by atomic mass is 10.0.